The third-order valence-electron chi connectivity index (χ3n) is 2.84. The highest BCUT2D eigenvalue weighted by atomic mass is 79.9. The highest BCUT2D eigenvalue weighted by Crippen LogP contribution is 2.25. The van der Waals surface area contributed by atoms with Crippen molar-refractivity contribution in [2.75, 3.05) is 0 Å². The lowest BCUT2D eigenvalue weighted by atomic mass is 10.1. The Morgan fingerprint density at radius 3 is 2.88 bits per heavy atom. The number of imidazole rings is 1. The molecule has 0 atom stereocenters. The summed E-state index contributed by atoms with van der Waals surface area (Å²) in [7, 11) is 1.78. The normalized spacial score (nSPS) is 11.4. The van der Waals surface area contributed by atoms with E-state index < -0.39 is 0 Å². The van der Waals surface area contributed by atoms with Crippen LogP contribution in [0.5, 0.6) is 0 Å². The molecule has 3 aromatic rings. The van der Waals surface area contributed by atoms with Gasteiger partial charge in [-0.3, -0.25) is 4.57 Å². The van der Waals surface area contributed by atoms with E-state index in [2.05, 4.69) is 20.9 Å². The number of rotatable bonds is 0. The lowest BCUT2D eigenvalue weighted by molar-refractivity contribution is 0.894. The minimum absolute atomic E-state index is 0.0783. The van der Waals surface area contributed by atoms with Crippen molar-refractivity contribution < 1.29 is 0 Å². The fourth-order valence-corrected chi connectivity index (χ4v) is 2.43. The predicted octanol–water partition coefficient (Wildman–Crippen LogP) is 2.78. The second-order valence-electron chi connectivity index (χ2n) is 3.82. The molecule has 80 valence electrons. The minimum Gasteiger partial charge on any atom is -0.306 e. The molecule has 0 saturated carbocycles. The van der Waals surface area contributed by atoms with Crippen LogP contribution in [0.1, 0.15) is 0 Å². The van der Waals surface area contributed by atoms with Gasteiger partial charge in [-0.1, -0.05) is 28.1 Å². The first-order valence-electron chi connectivity index (χ1n) is 4.94. The molecular formula is C12H9BrN2O. The molecule has 3 rings (SSSR count). The molecule has 1 N–H and O–H groups in total. The summed E-state index contributed by atoms with van der Waals surface area (Å²) in [6.45, 7) is 0. The topological polar surface area (TPSA) is 37.8 Å². The molecule has 0 saturated heterocycles. The van der Waals surface area contributed by atoms with Gasteiger partial charge in [0.05, 0.1) is 11.0 Å². The largest absolute Gasteiger partial charge is 0.326 e. The maximum absolute atomic E-state index is 11.5. The molecular weight excluding hydrogens is 268 g/mol. The highest BCUT2D eigenvalue weighted by molar-refractivity contribution is 9.10. The predicted molar refractivity (Wildman–Crippen MR) is 68.7 cm³/mol. The molecule has 0 spiro atoms. The van der Waals surface area contributed by atoms with Gasteiger partial charge in [-0.25, -0.2) is 4.79 Å². The number of aromatic amines is 1. The van der Waals surface area contributed by atoms with E-state index in [1.807, 2.05) is 30.3 Å². The summed E-state index contributed by atoms with van der Waals surface area (Å²) in [4.78, 5) is 14.4. The first-order valence-corrected chi connectivity index (χ1v) is 5.73. The van der Waals surface area contributed by atoms with Gasteiger partial charge >= 0.3 is 5.69 Å². The molecule has 0 fully saturated rings. The smallest absolute Gasteiger partial charge is 0.306 e. The van der Waals surface area contributed by atoms with Crippen molar-refractivity contribution in [3.63, 3.8) is 0 Å². The van der Waals surface area contributed by atoms with Crippen LogP contribution < -0.4 is 5.69 Å². The molecule has 0 bridgehead atoms. The maximum atomic E-state index is 11.5. The van der Waals surface area contributed by atoms with Crippen molar-refractivity contribution in [1.82, 2.24) is 9.55 Å². The number of aryl methyl sites for hydroxylation is 1. The van der Waals surface area contributed by atoms with Gasteiger partial charge in [0.15, 0.2) is 0 Å². The number of aromatic nitrogens is 2. The fourth-order valence-electron chi connectivity index (χ4n) is 2.05. The minimum atomic E-state index is -0.0783. The van der Waals surface area contributed by atoms with Crippen molar-refractivity contribution in [1.29, 1.82) is 0 Å². The second kappa shape index (κ2) is 3.22. The number of hydrogen-bond acceptors (Lipinski definition) is 1. The molecule has 16 heavy (non-hydrogen) atoms. The molecule has 0 amide bonds. The lowest BCUT2D eigenvalue weighted by Crippen LogP contribution is -2.11. The number of fused-ring (bicyclic) bond motifs is 3. The molecule has 1 heterocycles. The Morgan fingerprint density at radius 2 is 2.06 bits per heavy atom. The Kier molecular flexibility index (Phi) is 1.94. The van der Waals surface area contributed by atoms with Crippen LogP contribution in [-0.4, -0.2) is 9.55 Å². The van der Waals surface area contributed by atoms with E-state index >= 15 is 0 Å². The summed E-state index contributed by atoms with van der Waals surface area (Å²) >= 11 is 3.44. The van der Waals surface area contributed by atoms with Crippen molar-refractivity contribution >= 4 is 37.7 Å². The van der Waals surface area contributed by atoms with Crippen LogP contribution in [0.3, 0.4) is 0 Å². The molecule has 0 aliphatic heterocycles. The van der Waals surface area contributed by atoms with Crippen LogP contribution in [0.15, 0.2) is 39.6 Å². The molecule has 0 radical (unpaired) electrons. The van der Waals surface area contributed by atoms with E-state index in [4.69, 9.17) is 0 Å². The van der Waals surface area contributed by atoms with Crippen molar-refractivity contribution in [2.45, 2.75) is 0 Å². The fraction of sp³-hybridized carbons (Fsp3) is 0.0833. The molecule has 0 aliphatic carbocycles. The van der Waals surface area contributed by atoms with Gasteiger partial charge in [0.2, 0.25) is 0 Å². The SMILES string of the molecule is Cn1c(=O)[nH]c2ccc3cc(Br)ccc3c21. The molecule has 0 unspecified atom stereocenters. The van der Waals surface area contributed by atoms with Crippen LogP contribution in [0.4, 0.5) is 0 Å². The number of benzene rings is 2. The first-order chi connectivity index (χ1) is 7.66. The summed E-state index contributed by atoms with van der Waals surface area (Å²) in [5.41, 5.74) is 1.75. The number of nitrogens with one attached hydrogen (secondary N) is 1. The lowest BCUT2D eigenvalue weighted by Gasteiger charge is -2.02. The van der Waals surface area contributed by atoms with Gasteiger partial charge in [0, 0.05) is 16.9 Å². The number of halogens is 1. The van der Waals surface area contributed by atoms with E-state index in [-0.39, 0.29) is 5.69 Å². The number of hydrogen-bond donors (Lipinski definition) is 1. The molecule has 1 aromatic heterocycles. The zero-order valence-corrected chi connectivity index (χ0v) is 10.2. The van der Waals surface area contributed by atoms with Gasteiger partial charge in [0.1, 0.15) is 0 Å². The first kappa shape index (κ1) is 9.66. The molecule has 0 aliphatic rings. The average Bonchev–Trinajstić information content (AvgIpc) is 2.55. The Balaban J connectivity index is 2.63. The van der Waals surface area contributed by atoms with Gasteiger partial charge in [0.25, 0.3) is 0 Å². The number of H-pyrrole nitrogens is 1. The van der Waals surface area contributed by atoms with Crippen molar-refractivity contribution in [3.8, 4) is 0 Å². The molecule has 4 heteroatoms. The number of nitrogens with zero attached hydrogens (tertiary/aromatic N) is 1. The highest BCUT2D eigenvalue weighted by Gasteiger charge is 2.07. The quantitative estimate of drug-likeness (QED) is 0.674. The molecule has 3 nitrogen and oxygen atoms in total. The van der Waals surface area contributed by atoms with Crippen molar-refractivity contribution in [3.05, 3.63) is 45.3 Å². The summed E-state index contributed by atoms with van der Waals surface area (Å²) in [6, 6.07) is 10.0. The zero-order valence-electron chi connectivity index (χ0n) is 8.62. The van der Waals surface area contributed by atoms with Gasteiger partial charge < -0.3 is 4.98 Å². The van der Waals surface area contributed by atoms with E-state index in [0.29, 0.717) is 0 Å². The second-order valence-corrected chi connectivity index (χ2v) is 4.73. The Hall–Kier alpha value is -1.55. The summed E-state index contributed by atoms with van der Waals surface area (Å²) in [5, 5.41) is 2.21. The Morgan fingerprint density at radius 1 is 1.25 bits per heavy atom. The Labute approximate surface area is 99.8 Å². The van der Waals surface area contributed by atoms with Gasteiger partial charge in [-0.05, 0) is 23.6 Å². The van der Waals surface area contributed by atoms with Crippen LogP contribution in [0, 0.1) is 0 Å². The van der Waals surface area contributed by atoms with Crippen LogP contribution in [0.2, 0.25) is 0 Å². The maximum Gasteiger partial charge on any atom is 0.326 e. The summed E-state index contributed by atoms with van der Waals surface area (Å²) < 4.78 is 2.69. The van der Waals surface area contributed by atoms with E-state index in [1.165, 1.54) is 0 Å². The van der Waals surface area contributed by atoms with Gasteiger partial charge in [-0.2, -0.15) is 0 Å². The average molecular weight is 277 g/mol. The third kappa shape index (κ3) is 1.23. The van der Waals surface area contributed by atoms with E-state index in [0.717, 1.165) is 26.3 Å². The van der Waals surface area contributed by atoms with E-state index in [9.17, 15) is 4.79 Å². The standard InChI is InChI=1S/C12H9BrN2O/c1-15-11-9-4-3-8(13)6-7(9)2-5-10(11)14-12(15)16/h2-6H,1H3,(H,14,16). The van der Waals surface area contributed by atoms with Crippen LogP contribution in [-0.2, 0) is 7.05 Å². The summed E-state index contributed by atoms with van der Waals surface area (Å²) in [5.74, 6) is 0. The van der Waals surface area contributed by atoms with Crippen LogP contribution >= 0.6 is 15.9 Å². The van der Waals surface area contributed by atoms with Gasteiger partial charge in [-0.15, -0.1) is 0 Å². The third-order valence-corrected chi connectivity index (χ3v) is 3.33. The molecule has 2 aromatic carbocycles. The monoisotopic (exact) mass is 276 g/mol. The van der Waals surface area contributed by atoms with E-state index in [1.54, 1.807) is 11.6 Å². The van der Waals surface area contributed by atoms with Crippen LogP contribution in [0.25, 0.3) is 21.8 Å². The zero-order chi connectivity index (χ0) is 11.3. The summed E-state index contributed by atoms with van der Waals surface area (Å²) in [6.07, 6.45) is 0. The Bertz CT molecular complexity index is 755. The van der Waals surface area contributed by atoms with Crippen molar-refractivity contribution in [2.24, 2.45) is 7.05 Å².